The van der Waals surface area contributed by atoms with E-state index < -0.39 is 23.7 Å². The molecule has 0 saturated heterocycles. The predicted molar refractivity (Wildman–Crippen MR) is 118 cm³/mol. The van der Waals surface area contributed by atoms with Crippen molar-refractivity contribution >= 4 is 46.3 Å². The number of carboxylic acid groups (broad SMARTS) is 1. The van der Waals surface area contributed by atoms with E-state index >= 15 is 0 Å². The molecule has 30 heavy (non-hydrogen) atoms. The van der Waals surface area contributed by atoms with Crippen LogP contribution in [0, 0.1) is 0 Å². The van der Waals surface area contributed by atoms with Crippen LogP contribution in [0.2, 0.25) is 10.0 Å². The second kappa shape index (κ2) is 10.4. The molecule has 1 heterocycles. The van der Waals surface area contributed by atoms with Crippen molar-refractivity contribution in [2.24, 2.45) is 0 Å². The molecular weight excluding hydrogens is 429 g/mol. The minimum Gasteiger partial charge on any atom is -0.480 e. The third-order valence-corrected chi connectivity index (χ3v) is 5.22. The number of nitrogens with zero attached hydrogens (tertiary/aromatic N) is 2. The monoisotopic (exact) mass is 457 g/mol. The molecule has 2 N–H and O–H groups in total. The second-order valence-electron chi connectivity index (χ2n) is 8.22. The highest BCUT2D eigenvalue weighted by atomic mass is 35.5. The molecule has 0 aliphatic rings. The number of aromatic nitrogens is 2. The van der Waals surface area contributed by atoms with Crippen LogP contribution in [-0.2, 0) is 22.5 Å². The summed E-state index contributed by atoms with van der Waals surface area (Å²) in [4.78, 5) is 28.3. The van der Waals surface area contributed by atoms with Crippen molar-refractivity contribution in [3.63, 3.8) is 0 Å². The number of ether oxygens (including phenoxy) is 1. The van der Waals surface area contributed by atoms with E-state index in [2.05, 4.69) is 21.8 Å². The van der Waals surface area contributed by atoms with Crippen molar-refractivity contribution in [1.82, 2.24) is 14.9 Å². The zero-order valence-corrected chi connectivity index (χ0v) is 19.3. The molecule has 0 unspecified atom stereocenters. The van der Waals surface area contributed by atoms with Crippen molar-refractivity contribution in [2.75, 3.05) is 0 Å². The average molecular weight is 458 g/mol. The highest BCUT2D eigenvalue weighted by Crippen LogP contribution is 2.29. The molecule has 1 amide bonds. The van der Waals surface area contributed by atoms with Gasteiger partial charge in [0.25, 0.3) is 0 Å². The first-order valence-electron chi connectivity index (χ1n) is 10.1. The molecule has 2 rings (SSSR count). The van der Waals surface area contributed by atoms with Crippen LogP contribution in [-0.4, -0.2) is 38.4 Å². The molecule has 1 aromatic carbocycles. The van der Waals surface area contributed by atoms with Crippen LogP contribution in [0.3, 0.4) is 0 Å². The lowest BCUT2D eigenvalue weighted by Crippen LogP contribution is -2.43. The second-order valence-corrected chi connectivity index (χ2v) is 9.03. The van der Waals surface area contributed by atoms with E-state index in [0.29, 0.717) is 22.0 Å². The predicted octanol–water partition coefficient (Wildman–Crippen LogP) is 5.44. The number of imidazole rings is 1. The molecule has 0 bridgehead atoms. The quantitative estimate of drug-likeness (QED) is 0.488. The standard InChI is InChI=1S/C21H29Cl2N3O4/c1-5-6-7-10-26-17-12-14(23)13(22)11-16(17)24-18(26)9-8-15(19(27)28)25-20(29)30-21(2,3)4/h11-12,15H,5-10H2,1-4H3,(H,25,29)(H,27,28)/t15-/m0/s1. The fourth-order valence-corrected chi connectivity index (χ4v) is 3.43. The van der Waals surface area contributed by atoms with Gasteiger partial charge in [-0.1, -0.05) is 43.0 Å². The van der Waals surface area contributed by atoms with E-state index in [4.69, 9.17) is 27.9 Å². The molecule has 166 valence electrons. The van der Waals surface area contributed by atoms with Crippen LogP contribution in [0.4, 0.5) is 4.79 Å². The maximum absolute atomic E-state index is 12.0. The van der Waals surface area contributed by atoms with Crippen molar-refractivity contribution in [2.45, 2.75) is 78.0 Å². The van der Waals surface area contributed by atoms with Gasteiger partial charge in [-0.3, -0.25) is 0 Å². The topological polar surface area (TPSA) is 93.5 Å². The molecule has 9 heteroatoms. The fraction of sp³-hybridized carbons (Fsp3) is 0.571. The van der Waals surface area contributed by atoms with Crippen LogP contribution in [0.1, 0.15) is 59.2 Å². The lowest BCUT2D eigenvalue weighted by atomic mass is 10.1. The zero-order valence-electron chi connectivity index (χ0n) is 17.8. The first-order valence-corrected chi connectivity index (χ1v) is 10.8. The van der Waals surface area contributed by atoms with E-state index in [0.717, 1.165) is 37.1 Å². The van der Waals surface area contributed by atoms with Crippen LogP contribution in [0.15, 0.2) is 12.1 Å². The molecule has 0 fully saturated rings. The Kier molecular flexibility index (Phi) is 8.38. The summed E-state index contributed by atoms with van der Waals surface area (Å²) < 4.78 is 7.23. The minimum atomic E-state index is -1.12. The Bertz CT molecular complexity index is 906. The maximum atomic E-state index is 12.0. The number of fused-ring (bicyclic) bond motifs is 1. The van der Waals surface area contributed by atoms with E-state index in [1.165, 1.54) is 0 Å². The number of carboxylic acids is 1. The summed E-state index contributed by atoms with van der Waals surface area (Å²) in [5.74, 6) is -0.391. The Morgan fingerprint density at radius 2 is 1.90 bits per heavy atom. The van der Waals surface area contributed by atoms with Crippen molar-refractivity contribution in [3.05, 3.63) is 28.0 Å². The molecule has 0 saturated carbocycles. The molecule has 1 aromatic heterocycles. The van der Waals surface area contributed by atoms with Gasteiger partial charge in [0, 0.05) is 13.0 Å². The summed E-state index contributed by atoms with van der Waals surface area (Å²) in [6.07, 6.45) is 2.89. The van der Waals surface area contributed by atoms with Gasteiger partial charge in [0.1, 0.15) is 17.5 Å². The van der Waals surface area contributed by atoms with Crippen molar-refractivity contribution < 1.29 is 19.4 Å². The first-order chi connectivity index (χ1) is 14.0. The normalized spacial score (nSPS) is 12.7. The van der Waals surface area contributed by atoms with Gasteiger partial charge in [0.2, 0.25) is 0 Å². The largest absolute Gasteiger partial charge is 0.480 e. The lowest BCUT2D eigenvalue weighted by Gasteiger charge is -2.22. The fourth-order valence-electron chi connectivity index (χ4n) is 3.11. The third kappa shape index (κ3) is 6.77. The number of carbonyl (C=O) groups excluding carboxylic acids is 1. The number of alkyl carbamates (subject to hydrolysis) is 1. The van der Waals surface area contributed by atoms with Crippen molar-refractivity contribution in [3.8, 4) is 0 Å². The van der Waals surface area contributed by atoms with Gasteiger partial charge in [0.05, 0.1) is 21.1 Å². The molecule has 0 radical (unpaired) electrons. The Morgan fingerprint density at radius 3 is 2.50 bits per heavy atom. The number of unbranched alkanes of at least 4 members (excludes halogenated alkanes) is 2. The molecule has 1 atom stereocenters. The number of nitrogens with one attached hydrogen (secondary N) is 1. The van der Waals surface area contributed by atoms with E-state index in [1.54, 1.807) is 32.9 Å². The van der Waals surface area contributed by atoms with Crippen LogP contribution < -0.4 is 5.32 Å². The summed E-state index contributed by atoms with van der Waals surface area (Å²) in [6.45, 7) is 8.03. The number of benzene rings is 1. The summed E-state index contributed by atoms with van der Waals surface area (Å²) >= 11 is 12.3. The zero-order chi connectivity index (χ0) is 22.5. The highest BCUT2D eigenvalue weighted by Gasteiger charge is 2.25. The minimum absolute atomic E-state index is 0.174. The number of carbonyl (C=O) groups is 2. The van der Waals surface area contributed by atoms with Crippen LogP contribution in [0.25, 0.3) is 11.0 Å². The number of aryl methyl sites for hydroxylation is 2. The Hall–Kier alpha value is -1.99. The number of hydrogen-bond donors (Lipinski definition) is 2. The van der Waals surface area contributed by atoms with E-state index in [1.807, 2.05) is 0 Å². The maximum Gasteiger partial charge on any atom is 0.408 e. The average Bonchev–Trinajstić information content (AvgIpc) is 2.94. The van der Waals surface area contributed by atoms with Gasteiger partial charge < -0.3 is 19.7 Å². The lowest BCUT2D eigenvalue weighted by molar-refractivity contribution is -0.139. The van der Waals surface area contributed by atoms with Gasteiger partial charge in [-0.2, -0.15) is 0 Å². The molecule has 0 aliphatic carbocycles. The summed E-state index contributed by atoms with van der Waals surface area (Å²) in [7, 11) is 0. The molecule has 2 aromatic rings. The smallest absolute Gasteiger partial charge is 0.408 e. The molecule has 0 aliphatic heterocycles. The number of rotatable bonds is 9. The van der Waals surface area contributed by atoms with Gasteiger partial charge in [-0.15, -0.1) is 0 Å². The summed E-state index contributed by atoms with van der Waals surface area (Å²) in [6, 6.07) is 2.41. The highest BCUT2D eigenvalue weighted by molar-refractivity contribution is 6.42. The number of halogens is 2. The van der Waals surface area contributed by atoms with E-state index in [-0.39, 0.29) is 6.42 Å². The number of aliphatic carboxylic acids is 1. The van der Waals surface area contributed by atoms with Gasteiger partial charge >= 0.3 is 12.1 Å². The van der Waals surface area contributed by atoms with Gasteiger partial charge in [-0.25, -0.2) is 14.6 Å². The van der Waals surface area contributed by atoms with E-state index in [9.17, 15) is 14.7 Å². The van der Waals surface area contributed by atoms with Gasteiger partial charge in [-0.05, 0) is 45.7 Å². The Labute approximate surface area is 186 Å². The van der Waals surface area contributed by atoms with Crippen LogP contribution in [0.5, 0.6) is 0 Å². The summed E-state index contributed by atoms with van der Waals surface area (Å²) in [5.41, 5.74) is 0.865. The van der Waals surface area contributed by atoms with Crippen molar-refractivity contribution in [1.29, 1.82) is 0 Å². The number of amides is 1. The third-order valence-electron chi connectivity index (χ3n) is 4.50. The molecular formula is C21H29Cl2N3O4. The van der Waals surface area contributed by atoms with Gasteiger partial charge in [0.15, 0.2) is 0 Å². The van der Waals surface area contributed by atoms with Crippen LogP contribution >= 0.6 is 23.2 Å². The molecule has 7 nitrogen and oxygen atoms in total. The first kappa shape index (κ1) is 24.3. The SMILES string of the molecule is CCCCCn1c(CC[C@H](NC(=O)OC(C)(C)C)C(=O)O)nc2cc(Cl)c(Cl)cc21. The number of hydrogen-bond acceptors (Lipinski definition) is 4. The molecule has 0 spiro atoms. The Balaban J connectivity index is 2.22. The Morgan fingerprint density at radius 1 is 1.23 bits per heavy atom. The summed E-state index contributed by atoms with van der Waals surface area (Å²) in [5, 5.41) is 12.8.